The minimum Gasteiger partial charge on any atom is -0.341 e. The van der Waals surface area contributed by atoms with Crippen molar-refractivity contribution in [2.24, 2.45) is 5.92 Å². The number of benzene rings is 2. The topological polar surface area (TPSA) is 61.4 Å². The monoisotopic (exact) mass is 447 g/mol. The Morgan fingerprint density at radius 1 is 1.03 bits per heavy atom. The van der Waals surface area contributed by atoms with E-state index in [9.17, 15) is 9.59 Å². The van der Waals surface area contributed by atoms with Gasteiger partial charge < -0.3 is 15.5 Å². The maximum absolute atomic E-state index is 12.8. The third-order valence-electron chi connectivity index (χ3n) is 5.46. The molecule has 1 aliphatic rings. The summed E-state index contributed by atoms with van der Waals surface area (Å²) in [6.45, 7) is 1.06. The first-order valence-electron chi connectivity index (χ1n) is 10.3. The minimum atomic E-state index is -0.375. The van der Waals surface area contributed by atoms with Gasteiger partial charge in [-0.3, -0.25) is 4.79 Å². The van der Waals surface area contributed by atoms with Gasteiger partial charge in [0.25, 0.3) is 5.91 Å². The largest absolute Gasteiger partial charge is 0.341 e. The predicted octanol–water partition coefficient (Wildman–Crippen LogP) is 5.97. The highest BCUT2D eigenvalue weighted by Crippen LogP contribution is 2.26. The van der Waals surface area contributed by atoms with Crippen LogP contribution in [0.3, 0.4) is 0 Å². The van der Waals surface area contributed by atoms with E-state index in [1.807, 2.05) is 25.2 Å². The van der Waals surface area contributed by atoms with Crippen molar-refractivity contribution < 1.29 is 9.59 Å². The molecule has 0 aliphatic heterocycles. The van der Waals surface area contributed by atoms with Crippen LogP contribution in [-0.4, -0.2) is 30.4 Å². The summed E-state index contributed by atoms with van der Waals surface area (Å²) >= 11 is 12.4. The Hall–Kier alpha value is -2.24. The van der Waals surface area contributed by atoms with Crippen LogP contribution in [0, 0.1) is 5.92 Å². The third-order valence-corrected chi connectivity index (χ3v) is 6.14. The summed E-state index contributed by atoms with van der Waals surface area (Å²) in [7, 11) is 1.82. The molecule has 0 spiro atoms. The Labute approximate surface area is 187 Å². The minimum absolute atomic E-state index is 0.0969. The van der Waals surface area contributed by atoms with Crippen molar-refractivity contribution in [2.75, 3.05) is 18.9 Å². The number of hydrogen-bond acceptors (Lipinski definition) is 2. The lowest BCUT2D eigenvalue weighted by Crippen LogP contribution is -2.33. The highest BCUT2D eigenvalue weighted by molar-refractivity contribution is 6.34. The normalized spacial score (nSPS) is 14.2. The van der Waals surface area contributed by atoms with Crippen LogP contribution in [0.1, 0.15) is 48.0 Å². The molecule has 0 unspecified atom stereocenters. The Morgan fingerprint density at radius 3 is 2.47 bits per heavy atom. The second kappa shape index (κ2) is 10.7. The molecule has 3 amide bonds. The quantitative estimate of drug-likeness (QED) is 0.572. The fraction of sp³-hybridized carbons (Fsp3) is 0.391. The molecule has 160 valence electrons. The van der Waals surface area contributed by atoms with E-state index in [0.29, 0.717) is 33.8 Å². The van der Waals surface area contributed by atoms with Gasteiger partial charge in [0.2, 0.25) is 0 Å². The third kappa shape index (κ3) is 6.13. The van der Waals surface area contributed by atoms with E-state index in [1.165, 1.54) is 32.1 Å². The van der Waals surface area contributed by atoms with Crippen LogP contribution in [0.4, 0.5) is 10.5 Å². The molecule has 1 saturated carbocycles. The molecule has 7 heteroatoms. The van der Waals surface area contributed by atoms with E-state index in [4.69, 9.17) is 23.2 Å². The van der Waals surface area contributed by atoms with Crippen LogP contribution in [0.25, 0.3) is 0 Å². The fourth-order valence-electron chi connectivity index (χ4n) is 3.80. The molecular weight excluding hydrogens is 421 g/mol. The fourth-order valence-corrected chi connectivity index (χ4v) is 4.27. The first-order valence-corrected chi connectivity index (χ1v) is 11.0. The van der Waals surface area contributed by atoms with Gasteiger partial charge in [-0.2, -0.15) is 0 Å². The lowest BCUT2D eigenvalue weighted by molar-refractivity contribution is 0.0761. The van der Waals surface area contributed by atoms with Crippen LogP contribution in [-0.2, 0) is 6.54 Å². The summed E-state index contributed by atoms with van der Waals surface area (Å²) in [5.41, 5.74) is 1.79. The van der Waals surface area contributed by atoms with Crippen molar-refractivity contribution in [1.29, 1.82) is 0 Å². The van der Waals surface area contributed by atoms with Gasteiger partial charge in [-0.1, -0.05) is 60.7 Å². The Balaban J connectivity index is 1.55. The molecule has 2 aromatic rings. The van der Waals surface area contributed by atoms with Gasteiger partial charge in [-0.15, -0.1) is 0 Å². The van der Waals surface area contributed by atoms with E-state index in [-0.39, 0.29) is 11.9 Å². The first-order chi connectivity index (χ1) is 14.4. The molecule has 2 N–H and O–H groups in total. The highest BCUT2D eigenvalue weighted by atomic mass is 35.5. The Kier molecular flexibility index (Phi) is 8.00. The number of carbonyl (C=O) groups is 2. The van der Waals surface area contributed by atoms with E-state index in [0.717, 1.165) is 12.1 Å². The average molecular weight is 448 g/mol. The number of rotatable bonds is 6. The Bertz CT molecular complexity index is 898. The summed E-state index contributed by atoms with van der Waals surface area (Å²) in [5.74, 6) is 0.467. The van der Waals surface area contributed by atoms with Crippen molar-refractivity contribution in [2.45, 2.75) is 38.6 Å². The Morgan fingerprint density at radius 2 is 1.77 bits per heavy atom. The summed E-state index contributed by atoms with van der Waals surface area (Å²) in [5, 5.41) is 6.40. The molecule has 1 fully saturated rings. The number of anilines is 1. The zero-order chi connectivity index (χ0) is 21.5. The van der Waals surface area contributed by atoms with E-state index >= 15 is 0 Å². The second-order valence-electron chi connectivity index (χ2n) is 7.78. The van der Waals surface area contributed by atoms with E-state index in [1.54, 1.807) is 29.2 Å². The van der Waals surface area contributed by atoms with Crippen molar-refractivity contribution in [1.82, 2.24) is 10.2 Å². The number of nitrogens with one attached hydrogen (secondary N) is 2. The summed E-state index contributed by atoms with van der Waals surface area (Å²) in [4.78, 5) is 26.7. The smallest absolute Gasteiger partial charge is 0.319 e. The van der Waals surface area contributed by atoms with E-state index < -0.39 is 0 Å². The predicted molar refractivity (Wildman–Crippen MR) is 122 cm³/mol. The van der Waals surface area contributed by atoms with Crippen molar-refractivity contribution >= 4 is 40.8 Å². The van der Waals surface area contributed by atoms with E-state index in [2.05, 4.69) is 10.6 Å². The van der Waals surface area contributed by atoms with Gasteiger partial charge in [-0.25, -0.2) is 4.79 Å². The van der Waals surface area contributed by atoms with Crippen molar-refractivity contribution in [3.05, 3.63) is 63.6 Å². The second-order valence-corrected chi connectivity index (χ2v) is 8.60. The molecule has 0 radical (unpaired) electrons. The van der Waals surface area contributed by atoms with Gasteiger partial charge >= 0.3 is 6.03 Å². The standard InChI is InChI=1S/C23H27Cl2N3O2/c1-28(15-16-7-3-2-4-8-16)22(29)19-12-11-18(13-21(19)25)27-23(30)26-14-17-9-5-6-10-20(17)24/h5-6,9-13,16H,2-4,7-8,14-15H2,1H3,(H2,26,27,30). The lowest BCUT2D eigenvalue weighted by Gasteiger charge is -2.27. The molecule has 5 nitrogen and oxygen atoms in total. The molecule has 30 heavy (non-hydrogen) atoms. The number of hydrogen-bond donors (Lipinski definition) is 2. The first kappa shape index (κ1) is 22.4. The number of carbonyl (C=O) groups excluding carboxylic acids is 2. The SMILES string of the molecule is CN(CC1CCCCC1)C(=O)c1ccc(NC(=O)NCc2ccccc2Cl)cc1Cl. The maximum Gasteiger partial charge on any atom is 0.319 e. The van der Waals surface area contributed by atoms with Crippen LogP contribution >= 0.6 is 23.2 Å². The molecule has 0 saturated heterocycles. The molecule has 1 aliphatic carbocycles. The van der Waals surface area contributed by atoms with Crippen LogP contribution in [0.5, 0.6) is 0 Å². The molecule has 0 bridgehead atoms. The number of urea groups is 1. The number of amides is 3. The summed E-state index contributed by atoms with van der Waals surface area (Å²) in [6, 6.07) is 11.9. The van der Waals surface area contributed by atoms with Gasteiger partial charge in [-0.05, 0) is 48.6 Å². The molecule has 0 heterocycles. The maximum atomic E-state index is 12.8. The van der Waals surface area contributed by atoms with Crippen molar-refractivity contribution in [3.63, 3.8) is 0 Å². The molecule has 0 atom stereocenters. The molecule has 3 rings (SSSR count). The zero-order valence-corrected chi connectivity index (χ0v) is 18.6. The van der Waals surface area contributed by atoms with Gasteiger partial charge in [0.05, 0.1) is 10.6 Å². The number of nitrogens with zero attached hydrogens (tertiary/aromatic N) is 1. The van der Waals surface area contributed by atoms with Gasteiger partial charge in [0.1, 0.15) is 0 Å². The van der Waals surface area contributed by atoms with Crippen LogP contribution < -0.4 is 10.6 Å². The van der Waals surface area contributed by atoms with Crippen molar-refractivity contribution in [3.8, 4) is 0 Å². The lowest BCUT2D eigenvalue weighted by atomic mass is 9.89. The molecule has 2 aromatic carbocycles. The molecular formula is C23H27Cl2N3O2. The molecule has 0 aromatic heterocycles. The average Bonchev–Trinajstić information content (AvgIpc) is 2.73. The summed E-state index contributed by atoms with van der Waals surface area (Å²) < 4.78 is 0. The zero-order valence-electron chi connectivity index (χ0n) is 17.1. The summed E-state index contributed by atoms with van der Waals surface area (Å²) in [6.07, 6.45) is 6.13. The van der Waals surface area contributed by atoms with Gasteiger partial charge in [0, 0.05) is 30.8 Å². The van der Waals surface area contributed by atoms with Gasteiger partial charge in [0.15, 0.2) is 0 Å². The number of halogens is 2. The van der Waals surface area contributed by atoms with Crippen LogP contribution in [0.2, 0.25) is 10.0 Å². The van der Waals surface area contributed by atoms with Crippen LogP contribution in [0.15, 0.2) is 42.5 Å². The highest BCUT2D eigenvalue weighted by Gasteiger charge is 2.21.